The highest BCUT2D eigenvalue weighted by Crippen LogP contribution is 2.21. The Bertz CT molecular complexity index is 257. The molecule has 1 heterocycles. The topological polar surface area (TPSA) is 45.1 Å². The van der Waals surface area contributed by atoms with Crippen molar-refractivity contribution in [2.45, 2.75) is 19.4 Å². The van der Waals surface area contributed by atoms with Crippen LogP contribution < -0.4 is 5.32 Å². The molecule has 0 amide bonds. The van der Waals surface area contributed by atoms with E-state index in [9.17, 15) is 5.11 Å². The molecule has 0 saturated carbocycles. The van der Waals surface area contributed by atoms with Crippen molar-refractivity contribution in [2.75, 3.05) is 13.6 Å². The van der Waals surface area contributed by atoms with Gasteiger partial charge in [0.05, 0.1) is 10.7 Å². The van der Waals surface area contributed by atoms with Crippen LogP contribution in [-0.2, 0) is 5.60 Å². The van der Waals surface area contributed by atoms with Crippen LogP contribution in [0, 0.1) is 6.92 Å². The lowest BCUT2D eigenvalue weighted by Gasteiger charge is -2.20. The van der Waals surface area contributed by atoms with Crippen molar-refractivity contribution in [3.8, 4) is 0 Å². The number of aliphatic hydroxyl groups is 1. The summed E-state index contributed by atoms with van der Waals surface area (Å²) in [6.45, 7) is 4.22. The molecule has 68 valence electrons. The fourth-order valence-corrected chi connectivity index (χ4v) is 1.79. The van der Waals surface area contributed by atoms with E-state index in [4.69, 9.17) is 0 Å². The Labute approximate surface area is 76.5 Å². The number of rotatable bonds is 3. The molecule has 0 bridgehead atoms. The molecule has 4 heteroatoms. The second-order valence-corrected chi connectivity index (χ2v) is 4.12. The largest absolute Gasteiger partial charge is 0.382 e. The smallest absolute Gasteiger partial charge is 0.117 e. The van der Waals surface area contributed by atoms with E-state index < -0.39 is 5.60 Å². The number of aromatic nitrogens is 1. The summed E-state index contributed by atoms with van der Waals surface area (Å²) in [5, 5.41) is 15.7. The van der Waals surface area contributed by atoms with E-state index in [0.717, 1.165) is 10.7 Å². The van der Waals surface area contributed by atoms with E-state index >= 15 is 0 Å². The number of nitrogens with zero attached hydrogens (tertiary/aromatic N) is 1. The van der Waals surface area contributed by atoms with E-state index in [0.29, 0.717) is 6.54 Å². The van der Waals surface area contributed by atoms with E-state index in [-0.39, 0.29) is 0 Å². The molecule has 0 aromatic carbocycles. The highest BCUT2D eigenvalue weighted by Gasteiger charge is 2.24. The average Bonchev–Trinajstić information content (AvgIpc) is 2.36. The molecule has 0 spiro atoms. The zero-order valence-electron chi connectivity index (χ0n) is 7.59. The van der Waals surface area contributed by atoms with Crippen LogP contribution in [0.4, 0.5) is 0 Å². The minimum absolute atomic E-state index is 0.524. The summed E-state index contributed by atoms with van der Waals surface area (Å²) >= 11 is 1.56. The lowest BCUT2D eigenvalue weighted by atomic mass is 10.0. The molecule has 0 aliphatic carbocycles. The molecular weight excluding hydrogens is 172 g/mol. The van der Waals surface area contributed by atoms with Gasteiger partial charge in [-0.15, -0.1) is 11.3 Å². The van der Waals surface area contributed by atoms with Crippen molar-refractivity contribution >= 4 is 11.3 Å². The average molecular weight is 186 g/mol. The molecular formula is C8H14N2OS. The molecule has 0 aliphatic heterocycles. The van der Waals surface area contributed by atoms with Crippen LogP contribution in [0.5, 0.6) is 0 Å². The Hall–Kier alpha value is -0.450. The van der Waals surface area contributed by atoms with Crippen LogP contribution >= 0.6 is 11.3 Å². The maximum absolute atomic E-state index is 9.88. The first-order valence-corrected chi connectivity index (χ1v) is 4.74. The van der Waals surface area contributed by atoms with E-state index in [1.807, 2.05) is 19.4 Å². The molecule has 2 N–H and O–H groups in total. The zero-order valence-corrected chi connectivity index (χ0v) is 8.40. The number of likely N-dealkylation sites (N-methyl/N-ethyl adjacent to an activating group) is 1. The fraction of sp³-hybridized carbons (Fsp3) is 0.625. The molecule has 3 nitrogen and oxygen atoms in total. The maximum atomic E-state index is 9.88. The molecule has 0 radical (unpaired) electrons. The highest BCUT2D eigenvalue weighted by atomic mass is 32.1. The number of hydrogen-bond donors (Lipinski definition) is 2. The lowest BCUT2D eigenvalue weighted by Crippen LogP contribution is -2.33. The lowest BCUT2D eigenvalue weighted by molar-refractivity contribution is 0.0552. The van der Waals surface area contributed by atoms with Crippen molar-refractivity contribution in [2.24, 2.45) is 0 Å². The Kier molecular flexibility index (Phi) is 2.82. The third-order valence-electron chi connectivity index (χ3n) is 1.69. The molecule has 12 heavy (non-hydrogen) atoms. The molecule has 1 unspecified atom stereocenters. The first-order chi connectivity index (χ1) is 5.56. The van der Waals surface area contributed by atoms with Crippen molar-refractivity contribution in [1.82, 2.24) is 10.3 Å². The number of thiazole rings is 1. The second kappa shape index (κ2) is 3.51. The van der Waals surface area contributed by atoms with Gasteiger partial charge in [0.25, 0.3) is 0 Å². The minimum Gasteiger partial charge on any atom is -0.382 e. The van der Waals surface area contributed by atoms with Gasteiger partial charge in [-0.05, 0) is 20.9 Å². The Morgan fingerprint density at radius 1 is 1.75 bits per heavy atom. The van der Waals surface area contributed by atoms with Gasteiger partial charge in [-0.3, -0.25) is 0 Å². The SMILES string of the molecule is CNCC(C)(O)c1csc(C)n1. The zero-order chi connectivity index (χ0) is 9.19. The van der Waals surface area contributed by atoms with Crippen LogP contribution in [0.2, 0.25) is 0 Å². The van der Waals surface area contributed by atoms with Crippen LogP contribution in [0.1, 0.15) is 17.6 Å². The van der Waals surface area contributed by atoms with Gasteiger partial charge >= 0.3 is 0 Å². The van der Waals surface area contributed by atoms with Gasteiger partial charge in [-0.2, -0.15) is 0 Å². The fourth-order valence-electron chi connectivity index (χ4n) is 1.05. The van der Waals surface area contributed by atoms with Gasteiger partial charge in [0, 0.05) is 11.9 Å². The van der Waals surface area contributed by atoms with Crippen LogP contribution in [0.15, 0.2) is 5.38 Å². The van der Waals surface area contributed by atoms with Gasteiger partial charge in [0.2, 0.25) is 0 Å². The van der Waals surface area contributed by atoms with Gasteiger partial charge in [-0.1, -0.05) is 0 Å². The second-order valence-electron chi connectivity index (χ2n) is 3.06. The number of hydrogen-bond acceptors (Lipinski definition) is 4. The predicted octanol–water partition coefficient (Wildman–Crippen LogP) is 0.878. The summed E-state index contributed by atoms with van der Waals surface area (Å²) in [6, 6.07) is 0. The Morgan fingerprint density at radius 3 is 2.83 bits per heavy atom. The standard InChI is InChI=1S/C8H14N2OS/c1-6-10-7(4-12-6)8(2,11)5-9-3/h4,9,11H,5H2,1-3H3. The molecule has 1 atom stereocenters. The maximum Gasteiger partial charge on any atom is 0.117 e. The molecule has 0 saturated heterocycles. The quantitative estimate of drug-likeness (QED) is 0.736. The van der Waals surface area contributed by atoms with E-state index in [1.165, 1.54) is 0 Å². The Morgan fingerprint density at radius 2 is 2.42 bits per heavy atom. The molecule has 0 fully saturated rings. The summed E-state index contributed by atoms with van der Waals surface area (Å²) in [5.41, 5.74) is -0.0983. The number of nitrogens with one attached hydrogen (secondary N) is 1. The molecule has 1 rings (SSSR count). The minimum atomic E-state index is -0.848. The molecule has 1 aromatic heterocycles. The van der Waals surface area contributed by atoms with Gasteiger partial charge < -0.3 is 10.4 Å². The van der Waals surface area contributed by atoms with E-state index in [1.54, 1.807) is 18.3 Å². The highest BCUT2D eigenvalue weighted by molar-refractivity contribution is 7.09. The van der Waals surface area contributed by atoms with Gasteiger partial charge in [-0.25, -0.2) is 4.98 Å². The molecule has 0 aliphatic rings. The third kappa shape index (κ3) is 2.03. The van der Waals surface area contributed by atoms with Crippen molar-refractivity contribution < 1.29 is 5.11 Å². The van der Waals surface area contributed by atoms with Crippen molar-refractivity contribution in [3.05, 3.63) is 16.1 Å². The summed E-state index contributed by atoms with van der Waals surface area (Å²) in [5.74, 6) is 0. The first kappa shape index (κ1) is 9.64. The summed E-state index contributed by atoms with van der Waals surface area (Å²) < 4.78 is 0. The van der Waals surface area contributed by atoms with Gasteiger partial charge in [0.1, 0.15) is 5.60 Å². The van der Waals surface area contributed by atoms with Crippen LogP contribution in [-0.4, -0.2) is 23.7 Å². The monoisotopic (exact) mass is 186 g/mol. The number of aryl methyl sites for hydroxylation is 1. The van der Waals surface area contributed by atoms with Crippen LogP contribution in [0.25, 0.3) is 0 Å². The third-order valence-corrected chi connectivity index (χ3v) is 2.47. The Balaban J connectivity index is 2.81. The predicted molar refractivity (Wildman–Crippen MR) is 50.3 cm³/mol. The van der Waals surface area contributed by atoms with Crippen LogP contribution in [0.3, 0.4) is 0 Å². The van der Waals surface area contributed by atoms with Crippen molar-refractivity contribution in [1.29, 1.82) is 0 Å². The summed E-state index contributed by atoms with van der Waals surface area (Å²) in [6.07, 6.45) is 0. The molecule has 1 aromatic rings. The first-order valence-electron chi connectivity index (χ1n) is 3.86. The van der Waals surface area contributed by atoms with E-state index in [2.05, 4.69) is 10.3 Å². The van der Waals surface area contributed by atoms with Crippen molar-refractivity contribution in [3.63, 3.8) is 0 Å². The van der Waals surface area contributed by atoms with Gasteiger partial charge in [0.15, 0.2) is 0 Å². The summed E-state index contributed by atoms with van der Waals surface area (Å²) in [4.78, 5) is 4.23. The summed E-state index contributed by atoms with van der Waals surface area (Å²) in [7, 11) is 1.81. The normalized spacial score (nSPS) is 16.0.